The van der Waals surface area contributed by atoms with Crippen molar-refractivity contribution in [2.24, 2.45) is 5.92 Å². The number of anilines is 1. The summed E-state index contributed by atoms with van der Waals surface area (Å²) in [5, 5.41) is 3.65. The summed E-state index contributed by atoms with van der Waals surface area (Å²) in [6, 6.07) is 9.60. The molecular weight excluding hydrogens is 296 g/mol. The topological polar surface area (TPSA) is 32.3 Å². The first-order valence-corrected chi connectivity index (χ1v) is 8.28. The highest BCUT2D eigenvalue weighted by molar-refractivity contribution is 5.93. The number of carbonyl (C=O) groups excluding carboxylic acids is 1. The average Bonchev–Trinajstić information content (AvgIpc) is 2.81. The monoisotopic (exact) mass is 322 g/mol. The molecule has 2 unspecified atom stereocenters. The average molecular weight is 323 g/mol. The van der Waals surface area contributed by atoms with Crippen LogP contribution in [-0.2, 0) is 4.79 Å². The standard InChI is InChI=1S/C18H26N2O.ClH/c1-3-20(17-8-4-13(2)5-9-17)18(21)12-14-10-15-6-7-16(11-14)19-15;/h4-5,8-9,14-16,19H,3,6-7,10-12H2,1-2H3;1H. The maximum atomic E-state index is 12.7. The van der Waals surface area contributed by atoms with Crippen molar-refractivity contribution < 1.29 is 4.79 Å². The number of halogens is 1. The van der Waals surface area contributed by atoms with Gasteiger partial charge in [-0.05, 0) is 57.6 Å². The summed E-state index contributed by atoms with van der Waals surface area (Å²) in [4.78, 5) is 14.6. The Hall–Kier alpha value is -1.06. The van der Waals surface area contributed by atoms with Crippen molar-refractivity contribution in [2.45, 2.75) is 58.0 Å². The molecule has 2 fully saturated rings. The first-order valence-electron chi connectivity index (χ1n) is 8.28. The number of benzene rings is 1. The van der Waals surface area contributed by atoms with Gasteiger partial charge in [-0.3, -0.25) is 4.79 Å². The SMILES string of the molecule is CCN(C(=O)CC1CC2CCC(C1)N2)c1ccc(C)cc1.Cl. The van der Waals surface area contributed by atoms with Crippen LogP contribution in [0.1, 0.15) is 44.6 Å². The van der Waals surface area contributed by atoms with E-state index in [1.807, 2.05) is 4.90 Å². The number of piperidine rings is 1. The zero-order valence-electron chi connectivity index (χ0n) is 13.5. The normalized spacial score (nSPS) is 26.4. The van der Waals surface area contributed by atoms with E-state index in [2.05, 4.69) is 43.4 Å². The van der Waals surface area contributed by atoms with Gasteiger partial charge in [-0.2, -0.15) is 0 Å². The number of hydrogen-bond donors (Lipinski definition) is 1. The van der Waals surface area contributed by atoms with E-state index in [0.29, 0.717) is 24.4 Å². The van der Waals surface area contributed by atoms with Crippen LogP contribution < -0.4 is 10.2 Å². The van der Waals surface area contributed by atoms with E-state index >= 15 is 0 Å². The molecule has 0 spiro atoms. The summed E-state index contributed by atoms with van der Waals surface area (Å²) in [6.07, 6.45) is 5.65. The van der Waals surface area contributed by atoms with Crippen molar-refractivity contribution >= 4 is 24.0 Å². The fourth-order valence-electron chi connectivity index (χ4n) is 3.93. The third kappa shape index (κ3) is 3.82. The zero-order chi connectivity index (χ0) is 14.8. The maximum Gasteiger partial charge on any atom is 0.227 e. The molecule has 122 valence electrons. The molecule has 22 heavy (non-hydrogen) atoms. The lowest BCUT2D eigenvalue weighted by atomic mass is 9.89. The Morgan fingerprint density at radius 1 is 1.18 bits per heavy atom. The molecule has 4 heteroatoms. The van der Waals surface area contributed by atoms with E-state index in [0.717, 1.165) is 12.2 Å². The molecule has 2 atom stereocenters. The summed E-state index contributed by atoms with van der Waals surface area (Å²) in [5.41, 5.74) is 2.27. The second-order valence-corrected chi connectivity index (χ2v) is 6.65. The number of fused-ring (bicyclic) bond motifs is 2. The van der Waals surface area contributed by atoms with Crippen molar-refractivity contribution in [1.82, 2.24) is 5.32 Å². The number of carbonyl (C=O) groups is 1. The molecule has 0 saturated carbocycles. The Balaban J connectivity index is 0.00000176. The molecule has 3 rings (SSSR count). The molecule has 3 nitrogen and oxygen atoms in total. The van der Waals surface area contributed by atoms with Crippen LogP contribution >= 0.6 is 12.4 Å². The van der Waals surface area contributed by atoms with Gasteiger partial charge in [0.25, 0.3) is 0 Å². The molecule has 1 aromatic rings. The summed E-state index contributed by atoms with van der Waals surface area (Å²) in [6.45, 7) is 4.89. The van der Waals surface area contributed by atoms with Crippen molar-refractivity contribution in [2.75, 3.05) is 11.4 Å². The Morgan fingerprint density at radius 3 is 2.32 bits per heavy atom. The molecule has 2 aliphatic heterocycles. The van der Waals surface area contributed by atoms with Crippen molar-refractivity contribution in [3.8, 4) is 0 Å². The van der Waals surface area contributed by atoms with Gasteiger partial charge in [0.05, 0.1) is 0 Å². The first-order chi connectivity index (χ1) is 10.2. The number of nitrogens with zero attached hydrogens (tertiary/aromatic N) is 1. The van der Waals surface area contributed by atoms with Gasteiger partial charge in [0.2, 0.25) is 5.91 Å². The van der Waals surface area contributed by atoms with Crippen LogP contribution in [0.4, 0.5) is 5.69 Å². The summed E-state index contributed by atoms with van der Waals surface area (Å²) in [5.74, 6) is 0.850. The van der Waals surface area contributed by atoms with Crippen LogP contribution in [0, 0.1) is 12.8 Å². The van der Waals surface area contributed by atoms with Gasteiger partial charge in [-0.1, -0.05) is 17.7 Å². The highest BCUT2D eigenvalue weighted by Gasteiger charge is 2.34. The zero-order valence-corrected chi connectivity index (χ0v) is 14.4. The lowest BCUT2D eigenvalue weighted by Crippen LogP contribution is -2.40. The van der Waals surface area contributed by atoms with E-state index in [9.17, 15) is 4.79 Å². The van der Waals surface area contributed by atoms with Gasteiger partial charge in [0.15, 0.2) is 0 Å². The second-order valence-electron chi connectivity index (χ2n) is 6.65. The van der Waals surface area contributed by atoms with Gasteiger partial charge < -0.3 is 10.2 Å². The van der Waals surface area contributed by atoms with E-state index < -0.39 is 0 Å². The van der Waals surface area contributed by atoms with Crippen molar-refractivity contribution in [3.05, 3.63) is 29.8 Å². The van der Waals surface area contributed by atoms with Crippen LogP contribution in [0.2, 0.25) is 0 Å². The quantitative estimate of drug-likeness (QED) is 0.917. The molecule has 2 aliphatic rings. The largest absolute Gasteiger partial charge is 0.313 e. The minimum Gasteiger partial charge on any atom is -0.313 e. The van der Waals surface area contributed by atoms with Gasteiger partial charge in [0.1, 0.15) is 0 Å². The maximum absolute atomic E-state index is 12.7. The second kappa shape index (κ2) is 7.47. The highest BCUT2D eigenvalue weighted by Crippen LogP contribution is 2.33. The number of hydrogen-bond acceptors (Lipinski definition) is 2. The smallest absolute Gasteiger partial charge is 0.227 e. The van der Waals surface area contributed by atoms with Crippen LogP contribution in [0.15, 0.2) is 24.3 Å². The Kier molecular flexibility index (Phi) is 5.87. The number of nitrogens with one attached hydrogen (secondary N) is 1. The Bertz CT molecular complexity index is 490. The summed E-state index contributed by atoms with van der Waals surface area (Å²) in [7, 11) is 0. The predicted octanol–water partition coefficient (Wildman–Crippen LogP) is 3.69. The summed E-state index contributed by atoms with van der Waals surface area (Å²) >= 11 is 0. The van der Waals surface area contributed by atoms with Gasteiger partial charge in [-0.25, -0.2) is 0 Å². The molecule has 0 radical (unpaired) electrons. The minimum atomic E-state index is 0. The first kappa shape index (κ1) is 17.3. The van der Waals surface area contributed by atoms with Gasteiger partial charge >= 0.3 is 0 Å². The van der Waals surface area contributed by atoms with Gasteiger partial charge in [0, 0.05) is 30.7 Å². The van der Waals surface area contributed by atoms with E-state index in [-0.39, 0.29) is 18.3 Å². The fraction of sp³-hybridized carbons (Fsp3) is 0.611. The molecule has 0 aromatic heterocycles. The molecule has 1 amide bonds. The lowest BCUT2D eigenvalue weighted by molar-refractivity contribution is -0.119. The fourth-order valence-corrected chi connectivity index (χ4v) is 3.93. The van der Waals surface area contributed by atoms with E-state index in [1.165, 1.54) is 31.2 Å². The minimum absolute atomic E-state index is 0. The molecule has 2 saturated heterocycles. The number of amides is 1. The van der Waals surface area contributed by atoms with E-state index in [1.54, 1.807) is 0 Å². The van der Waals surface area contributed by atoms with Gasteiger partial charge in [-0.15, -0.1) is 12.4 Å². The lowest BCUT2D eigenvalue weighted by Gasteiger charge is -2.30. The van der Waals surface area contributed by atoms with Crippen LogP contribution in [0.25, 0.3) is 0 Å². The number of aryl methyl sites for hydroxylation is 1. The molecular formula is C18H27ClN2O. The van der Waals surface area contributed by atoms with Crippen LogP contribution in [0.3, 0.4) is 0 Å². The molecule has 1 N–H and O–H groups in total. The van der Waals surface area contributed by atoms with Crippen molar-refractivity contribution in [1.29, 1.82) is 0 Å². The molecule has 2 bridgehead atoms. The third-order valence-corrected chi connectivity index (χ3v) is 5.00. The number of rotatable bonds is 4. The third-order valence-electron chi connectivity index (χ3n) is 5.00. The highest BCUT2D eigenvalue weighted by atomic mass is 35.5. The predicted molar refractivity (Wildman–Crippen MR) is 93.7 cm³/mol. The summed E-state index contributed by atoms with van der Waals surface area (Å²) < 4.78 is 0. The van der Waals surface area contributed by atoms with E-state index in [4.69, 9.17) is 0 Å². The van der Waals surface area contributed by atoms with Crippen molar-refractivity contribution in [3.63, 3.8) is 0 Å². The van der Waals surface area contributed by atoms with Crippen LogP contribution in [0.5, 0.6) is 0 Å². The van der Waals surface area contributed by atoms with Crippen LogP contribution in [-0.4, -0.2) is 24.5 Å². The molecule has 2 heterocycles. The Labute approximate surface area is 139 Å². The molecule has 0 aliphatic carbocycles. The Morgan fingerprint density at radius 2 is 1.77 bits per heavy atom. The molecule has 1 aromatic carbocycles.